The van der Waals surface area contributed by atoms with Gasteiger partial charge in [-0.15, -0.1) is 0 Å². The summed E-state index contributed by atoms with van der Waals surface area (Å²) >= 11 is 6.02. The van der Waals surface area contributed by atoms with Gasteiger partial charge in [-0.2, -0.15) is 0 Å². The van der Waals surface area contributed by atoms with Crippen LogP contribution in [-0.2, 0) is 6.42 Å². The third-order valence-corrected chi connectivity index (χ3v) is 4.15. The quantitative estimate of drug-likeness (QED) is 0.870. The van der Waals surface area contributed by atoms with Gasteiger partial charge in [0.25, 0.3) is 0 Å². The maximum Gasteiger partial charge on any atom is 0.120 e. The number of rotatable bonds is 5. The van der Waals surface area contributed by atoms with E-state index in [9.17, 15) is 0 Å². The highest BCUT2D eigenvalue weighted by atomic mass is 35.5. The van der Waals surface area contributed by atoms with Gasteiger partial charge in [0.1, 0.15) is 11.9 Å². The highest BCUT2D eigenvalue weighted by Crippen LogP contribution is 2.24. The number of hydrogen-bond donors (Lipinski definition) is 1. The summed E-state index contributed by atoms with van der Waals surface area (Å²) in [6.07, 6.45) is 0.920. The monoisotopic (exact) mass is 303 g/mol. The Hall–Kier alpha value is -1.51. The second kappa shape index (κ2) is 6.97. The first-order valence-corrected chi connectivity index (χ1v) is 7.66. The van der Waals surface area contributed by atoms with Gasteiger partial charge < -0.3 is 10.5 Å². The van der Waals surface area contributed by atoms with Crippen LogP contribution in [0.15, 0.2) is 42.5 Å². The molecule has 21 heavy (non-hydrogen) atoms. The summed E-state index contributed by atoms with van der Waals surface area (Å²) in [5.74, 6) is 0.796. The van der Waals surface area contributed by atoms with E-state index < -0.39 is 0 Å². The molecule has 0 radical (unpaired) electrons. The number of halogens is 1. The molecule has 2 N–H and O–H groups in total. The van der Waals surface area contributed by atoms with Crippen LogP contribution in [0.3, 0.4) is 0 Å². The molecule has 0 aromatic heterocycles. The van der Waals surface area contributed by atoms with E-state index in [0.717, 1.165) is 28.3 Å². The minimum absolute atomic E-state index is 0.113. The second-order valence-corrected chi connectivity index (χ2v) is 5.76. The predicted octanol–water partition coefficient (Wildman–Crippen LogP) is 4.68. The molecular weight excluding hydrogens is 282 g/mol. The lowest BCUT2D eigenvalue weighted by molar-refractivity contribution is 0.190. The number of benzene rings is 2. The van der Waals surface area contributed by atoms with Crippen LogP contribution in [0.25, 0.3) is 0 Å². The molecule has 2 nitrogen and oxygen atoms in total. The fourth-order valence-corrected chi connectivity index (χ4v) is 2.34. The molecule has 2 aromatic carbocycles. The summed E-state index contributed by atoms with van der Waals surface area (Å²) in [5, 5.41) is 0.745. The molecule has 112 valence electrons. The Labute approximate surface area is 131 Å². The largest absolute Gasteiger partial charge is 0.489 e. The maximum atomic E-state index is 6.29. The van der Waals surface area contributed by atoms with Gasteiger partial charge in [-0.05, 0) is 55.2 Å². The standard InChI is InChI=1S/C18H22ClNO/c1-4-14-5-7-15(8-6-14)18(20)13(3)21-16-9-10-17(19)12(2)11-16/h5-11,13,18H,4,20H2,1-3H3. The van der Waals surface area contributed by atoms with Crippen LogP contribution in [0.1, 0.15) is 36.6 Å². The highest BCUT2D eigenvalue weighted by Gasteiger charge is 2.16. The number of aryl methyl sites for hydroxylation is 2. The molecule has 0 saturated heterocycles. The first-order chi connectivity index (χ1) is 10.0. The van der Waals surface area contributed by atoms with E-state index in [0.29, 0.717) is 0 Å². The second-order valence-electron chi connectivity index (χ2n) is 5.35. The molecule has 2 atom stereocenters. The SMILES string of the molecule is CCc1ccc(C(N)C(C)Oc2ccc(Cl)c(C)c2)cc1. The zero-order valence-corrected chi connectivity index (χ0v) is 13.5. The van der Waals surface area contributed by atoms with Gasteiger partial charge in [-0.3, -0.25) is 0 Å². The Bertz CT molecular complexity index is 595. The zero-order chi connectivity index (χ0) is 15.4. The summed E-state index contributed by atoms with van der Waals surface area (Å²) in [4.78, 5) is 0. The van der Waals surface area contributed by atoms with E-state index >= 15 is 0 Å². The van der Waals surface area contributed by atoms with E-state index in [1.54, 1.807) is 0 Å². The van der Waals surface area contributed by atoms with Crippen molar-refractivity contribution in [1.82, 2.24) is 0 Å². The topological polar surface area (TPSA) is 35.2 Å². The Morgan fingerprint density at radius 3 is 2.38 bits per heavy atom. The molecule has 2 rings (SSSR count). The minimum Gasteiger partial charge on any atom is -0.489 e. The average Bonchev–Trinajstić information content (AvgIpc) is 2.50. The third kappa shape index (κ3) is 3.99. The van der Waals surface area contributed by atoms with E-state index in [1.807, 2.05) is 32.0 Å². The van der Waals surface area contributed by atoms with Crippen molar-refractivity contribution < 1.29 is 4.74 Å². The molecule has 0 spiro atoms. The van der Waals surface area contributed by atoms with Gasteiger partial charge in [-0.1, -0.05) is 42.8 Å². The fourth-order valence-electron chi connectivity index (χ4n) is 2.23. The lowest BCUT2D eigenvalue weighted by Gasteiger charge is -2.22. The van der Waals surface area contributed by atoms with Crippen LogP contribution in [-0.4, -0.2) is 6.10 Å². The molecule has 0 aliphatic heterocycles. The van der Waals surface area contributed by atoms with Gasteiger partial charge in [0.15, 0.2) is 0 Å². The van der Waals surface area contributed by atoms with E-state index in [-0.39, 0.29) is 12.1 Å². The molecular formula is C18H22ClNO. The summed E-state index contributed by atoms with van der Waals surface area (Å²) in [6, 6.07) is 13.9. The molecule has 0 heterocycles. The fraction of sp³-hybridized carbons (Fsp3) is 0.333. The molecule has 0 saturated carbocycles. The van der Waals surface area contributed by atoms with Gasteiger partial charge in [0, 0.05) is 5.02 Å². The van der Waals surface area contributed by atoms with Crippen molar-refractivity contribution in [2.45, 2.75) is 39.3 Å². The molecule has 0 bridgehead atoms. The summed E-state index contributed by atoms with van der Waals surface area (Å²) in [7, 11) is 0. The Balaban J connectivity index is 2.07. The molecule has 0 fully saturated rings. The van der Waals surface area contributed by atoms with Crippen LogP contribution < -0.4 is 10.5 Å². The Morgan fingerprint density at radius 1 is 1.14 bits per heavy atom. The van der Waals surface area contributed by atoms with Crippen molar-refractivity contribution in [3.8, 4) is 5.75 Å². The van der Waals surface area contributed by atoms with Crippen molar-refractivity contribution in [3.05, 3.63) is 64.2 Å². The predicted molar refractivity (Wildman–Crippen MR) is 89.0 cm³/mol. The third-order valence-electron chi connectivity index (χ3n) is 3.73. The van der Waals surface area contributed by atoms with Crippen molar-refractivity contribution in [2.75, 3.05) is 0 Å². The molecule has 3 heteroatoms. The summed E-state index contributed by atoms with van der Waals surface area (Å²) in [5.41, 5.74) is 9.70. The lowest BCUT2D eigenvalue weighted by atomic mass is 10.0. The first-order valence-electron chi connectivity index (χ1n) is 7.28. The van der Waals surface area contributed by atoms with Gasteiger partial charge in [0.2, 0.25) is 0 Å². The first kappa shape index (κ1) is 15.9. The maximum absolute atomic E-state index is 6.29. The van der Waals surface area contributed by atoms with Crippen molar-refractivity contribution in [1.29, 1.82) is 0 Å². The summed E-state index contributed by atoms with van der Waals surface area (Å²) in [6.45, 7) is 6.09. The Morgan fingerprint density at radius 2 is 1.81 bits per heavy atom. The summed E-state index contributed by atoms with van der Waals surface area (Å²) < 4.78 is 5.94. The minimum atomic E-state index is -0.160. The van der Waals surface area contributed by atoms with Crippen LogP contribution >= 0.6 is 11.6 Å². The number of nitrogens with two attached hydrogens (primary N) is 1. The van der Waals surface area contributed by atoms with E-state index in [2.05, 4.69) is 31.2 Å². The van der Waals surface area contributed by atoms with Crippen LogP contribution in [0.2, 0.25) is 5.02 Å². The van der Waals surface area contributed by atoms with E-state index in [4.69, 9.17) is 22.1 Å². The Kier molecular flexibility index (Phi) is 5.27. The smallest absolute Gasteiger partial charge is 0.120 e. The molecule has 2 aromatic rings. The lowest BCUT2D eigenvalue weighted by Crippen LogP contribution is -2.28. The van der Waals surface area contributed by atoms with Crippen molar-refractivity contribution in [3.63, 3.8) is 0 Å². The zero-order valence-electron chi connectivity index (χ0n) is 12.8. The highest BCUT2D eigenvalue weighted by molar-refractivity contribution is 6.31. The molecule has 0 aliphatic rings. The van der Waals surface area contributed by atoms with Gasteiger partial charge in [-0.25, -0.2) is 0 Å². The normalized spacial score (nSPS) is 13.8. The number of hydrogen-bond acceptors (Lipinski definition) is 2. The van der Waals surface area contributed by atoms with E-state index in [1.165, 1.54) is 5.56 Å². The molecule has 0 amide bonds. The number of ether oxygens (including phenoxy) is 1. The molecule has 2 unspecified atom stereocenters. The van der Waals surface area contributed by atoms with Crippen molar-refractivity contribution in [2.24, 2.45) is 5.73 Å². The van der Waals surface area contributed by atoms with Crippen LogP contribution in [0, 0.1) is 6.92 Å². The van der Waals surface area contributed by atoms with Crippen molar-refractivity contribution >= 4 is 11.6 Å². The average molecular weight is 304 g/mol. The molecule has 0 aliphatic carbocycles. The van der Waals surface area contributed by atoms with Gasteiger partial charge in [0.05, 0.1) is 6.04 Å². The van der Waals surface area contributed by atoms with Gasteiger partial charge >= 0.3 is 0 Å². The van der Waals surface area contributed by atoms with Crippen LogP contribution in [0.4, 0.5) is 0 Å². The van der Waals surface area contributed by atoms with Crippen LogP contribution in [0.5, 0.6) is 5.75 Å².